The number of ketones is 1. The molecule has 0 aliphatic rings. The van der Waals surface area contributed by atoms with E-state index < -0.39 is 11.9 Å². The highest BCUT2D eigenvalue weighted by Crippen LogP contribution is 2.28. The van der Waals surface area contributed by atoms with Crippen LogP contribution in [-0.2, 0) is 0 Å². The van der Waals surface area contributed by atoms with Gasteiger partial charge in [-0.2, -0.15) is 0 Å². The second kappa shape index (κ2) is 5.46. The molecule has 2 unspecified atom stereocenters. The van der Waals surface area contributed by atoms with Crippen LogP contribution in [-0.4, -0.2) is 22.2 Å². The lowest BCUT2D eigenvalue weighted by atomic mass is 10.1. The maximum Gasteiger partial charge on any atom is 0.159 e. The highest BCUT2D eigenvalue weighted by molar-refractivity contribution is 8.00. The number of halogens is 1. The van der Waals surface area contributed by atoms with Crippen molar-refractivity contribution in [3.63, 3.8) is 0 Å². The van der Waals surface area contributed by atoms with E-state index in [0.29, 0.717) is 10.5 Å². The lowest BCUT2D eigenvalue weighted by Crippen LogP contribution is -2.15. The third-order valence-electron chi connectivity index (χ3n) is 2.33. The largest absolute Gasteiger partial charge is 0.392 e. The molecule has 0 heterocycles. The molecule has 0 saturated heterocycles. The van der Waals surface area contributed by atoms with E-state index in [4.69, 9.17) is 0 Å². The minimum atomic E-state index is -0.503. The summed E-state index contributed by atoms with van der Waals surface area (Å²) in [5, 5.41) is 9.23. The second-order valence-electron chi connectivity index (χ2n) is 3.76. The first kappa shape index (κ1) is 13.2. The number of aliphatic hydroxyl groups is 1. The summed E-state index contributed by atoms with van der Waals surface area (Å²) in [5.41, 5.74) is 0.367. The van der Waals surface area contributed by atoms with Crippen LogP contribution in [0, 0.1) is 5.82 Å². The summed E-state index contributed by atoms with van der Waals surface area (Å²) in [6.45, 7) is 4.90. The molecule has 0 amide bonds. The lowest BCUT2D eigenvalue weighted by Gasteiger charge is -2.14. The Kier molecular flexibility index (Phi) is 4.50. The van der Waals surface area contributed by atoms with E-state index in [1.165, 1.54) is 24.8 Å². The third kappa shape index (κ3) is 3.32. The van der Waals surface area contributed by atoms with Crippen LogP contribution < -0.4 is 0 Å². The van der Waals surface area contributed by atoms with Crippen molar-refractivity contribution in [3.05, 3.63) is 29.6 Å². The fourth-order valence-electron chi connectivity index (χ4n) is 1.11. The Labute approximate surface area is 98.9 Å². The summed E-state index contributed by atoms with van der Waals surface area (Å²) < 4.78 is 13.6. The Morgan fingerprint density at radius 2 is 2.06 bits per heavy atom. The van der Waals surface area contributed by atoms with Crippen LogP contribution in [0.2, 0.25) is 0 Å². The molecule has 0 aromatic heterocycles. The van der Waals surface area contributed by atoms with Crippen molar-refractivity contribution in [2.45, 2.75) is 37.0 Å². The first-order valence-corrected chi connectivity index (χ1v) is 5.95. The number of aliphatic hydroxyl groups excluding tert-OH is 1. The molecule has 0 saturated carbocycles. The number of benzene rings is 1. The Balaban J connectivity index is 2.87. The zero-order chi connectivity index (χ0) is 12.3. The molecule has 1 aromatic carbocycles. The SMILES string of the molecule is CC(=O)c1ccc(SC(C)C(C)O)c(F)c1. The van der Waals surface area contributed by atoms with Gasteiger partial charge in [0.1, 0.15) is 5.82 Å². The van der Waals surface area contributed by atoms with Crippen molar-refractivity contribution < 1.29 is 14.3 Å². The molecule has 0 bridgehead atoms. The van der Waals surface area contributed by atoms with Crippen LogP contribution in [0.3, 0.4) is 0 Å². The first-order chi connectivity index (χ1) is 7.41. The predicted octanol–water partition coefficient (Wildman–Crippen LogP) is 2.89. The van der Waals surface area contributed by atoms with Crippen molar-refractivity contribution >= 4 is 17.5 Å². The molecular weight excluding hydrogens is 227 g/mol. The Hall–Kier alpha value is -0.870. The van der Waals surface area contributed by atoms with Crippen LogP contribution in [0.5, 0.6) is 0 Å². The Bertz CT molecular complexity index is 391. The Morgan fingerprint density at radius 3 is 2.50 bits per heavy atom. The van der Waals surface area contributed by atoms with Crippen molar-refractivity contribution in [2.75, 3.05) is 0 Å². The van der Waals surface area contributed by atoms with Gasteiger partial charge in [-0.25, -0.2) is 4.39 Å². The minimum absolute atomic E-state index is 0.0855. The number of hydrogen-bond acceptors (Lipinski definition) is 3. The molecule has 1 N–H and O–H groups in total. The lowest BCUT2D eigenvalue weighted by molar-refractivity contribution is 0.101. The van der Waals surface area contributed by atoms with E-state index in [-0.39, 0.29) is 11.0 Å². The average Bonchev–Trinajstić information content (AvgIpc) is 2.20. The molecule has 2 atom stereocenters. The van der Waals surface area contributed by atoms with Gasteiger partial charge in [0.2, 0.25) is 0 Å². The smallest absolute Gasteiger partial charge is 0.159 e. The van der Waals surface area contributed by atoms with Crippen LogP contribution in [0.25, 0.3) is 0 Å². The van der Waals surface area contributed by atoms with Crippen molar-refractivity contribution in [1.82, 2.24) is 0 Å². The third-order valence-corrected chi connectivity index (χ3v) is 3.68. The highest BCUT2D eigenvalue weighted by atomic mass is 32.2. The fraction of sp³-hybridized carbons (Fsp3) is 0.417. The fourth-order valence-corrected chi connectivity index (χ4v) is 2.03. The standard InChI is InChI=1S/C12H15FO2S/c1-7(14)9(3)16-12-5-4-10(8(2)15)6-11(12)13/h4-7,9,14H,1-3H3. The van der Waals surface area contributed by atoms with Gasteiger partial charge in [-0.15, -0.1) is 11.8 Å². The summed E-state index contributed by atoms with van der Waals surface area (Å²) >= 11 is 1.26. The number of carbonyl (C=O) groups excluding carboxylic acids is 1. The van der Waals surface area contributed by atoms with Gasteiger partial charge in [-0.05, 0) is 26.0 Å². The molecule has 0 spiro atoms. The summed E-state index contributed by atoms with van der Waals surface area (Å²) in [4.78, 5) is 11.5. The maximum absolute atomic E-state index is 13.6. The van der Waals surface area contributed by atoms with E-state index in [1.54, 1.807) is 19.1 Å². The Morgan fingerprint density at radius 1 is 1.44 bits per heavy atom. The van der Waals surface area contributed by atoms with E-state index in [2.05, 4.69) is 0 Å². The van der Waals surface area contributed by atoms with Crippen LogP contribution >= 0.6 is 11.8 Å². The van der Waals surface area contributed by atoms with Crippen molar-refractivity contribution in [3.8, 4) is 0 Å². The molecule has 0 aliphatic heterocycles. The number of carbonyl (C=O) groups is 1. The topological polar surface area (TPSA) is 37.3 Å². The zero-order valence-corrected chi connectivity index (χ0v) is 10.3. The highest BCUT2D eigenvalue weighted by Gasteiger charge is 2.14. The van der Waals surface area contributed by atoms with Crippen LogP contribution in [0.4, 0.5) is 4.39 Å². The van der Waals surface area contributed by atoms with Crippen molar-refractivity contribution in [2.24, 2.45) is 0 Å². The number of Topliss-reactive ketones (excluding diaryl/α,β-unsaturated/α-hetero) is 1. The van der Waals surface area contributed by atoms with Gasteiger partial charge < -0.3 is 5.11 Å². The van der Waals surface area contributed by atoms with Gasteiger partial charge in [0.25, 0.3) is 0 Å². The first-order valence-electron chi connectivity index (χ1n) is 5.07. The van der Waals surface area contributed by atoms with E-state index in [1.807, 2.05) is 6.92 Å². The zero-order valence-electron chi connectivity index (χ0n) is 9.53. The van der Waals surface area contributed by atoms with Gasteiger partial charge in [-0.3, -0.25) is 4.79 Å². The molecule has 1 rings (SSSR count). The molecule has 0 fully saturated rings. The van der Waals surface area contributed by atoms with E-state index in [0.717, 1.165) is 0 Å². The summed E-state index contributed by atoms with van der Waals surface area (Å²) in [7, 11) is 0. The van der Waals surface area contributed by atoms with Gasteiger partial charge in [-0.1, -0.05) is 13.0 Å². The van der Waals surface area contributed by atoms with Gasteiger partial charge in [0.15, 0.2) is 5.78 Å². The average molecular weight is 242 g/mol. The number of rotatable bonds is 4. The normalized spacial score (nSPS) is 14.6. The molecular formula is C12H15FO2S. The molecule has 88 valence electrons. The predicted molar refractivity (Wildman–Crippen MR) is 63.4 cm³/mol. The molecule has 16 heavy (non-hydrogen) atoms. The summed E-state index contributed by atoms with van der Waals surface area (Å²) in [6, 6.07) is 4.41. The molecule has 0 aliphatic carbocycles. The monoisotopic (exact) mass is 242 g/mol. The minimum Gasteiger partial charge on any atom is -0.392 e. The summed E-state index contributed by atoms with van der Waals surface area (Å²) in [6.07, 6.45) is -0.503. The molecule has 1 aromatic rings. The van der Waals surface area contributed by atoms with E-state index >= 15 is 0 Å². The van der Waals surface area contributed by atoms with E-state index in [9.17, 15) is 14.3 Å². The molecule has 0 radical (unpaired) electrons. The van der Waals surface area contributed by atoms with Crippen LogP contribution in [0.1, 0.15) is 31.1 Å². The quantitative estimate of drug-likeness (QED) is 0.651. The van der Waals surface area contributed by atoms with Crippen molar-refractivity contribution in [1.29, 1.82) is 0 Å². The summed E-state index contributed by atoms with van der Waals surface area (Å²) in [5.74, 6) is -0.566. The van der Waals surface area contributed by atoms with Gasteiger partial charge in [0, 0.05) is 15.7 Å². The number of hydrogen-bond donors (Lipinski definition) is 1. The van der Waals surface area contributed by atoms with Gasteiger partial charge in [0.05, 0.1) is 6.10 Å². The maximum atomic E-state index is 13.6. The molecule has 2 nitrogen and oxygen atoms in total. The van der Waals surface area contributed by atoms with Crippen LogP contribution in [0.15, 0.2) is 23.1 Å². The van der Waals surface area contributed by atoms with Gasteiger partial charge >= 0.3 is 0 Å². The molecule has 4 heteroatoms. The number of thioether (sulfide) groups is 1. The second-order valence-corrected chi connectivity index (χ2v) is 5.18.